The molecule has 0 nitrogen and oxygen atoms in total. The zero-order valence-electron chi connectivity index (χ0n) is 10.8. The molecule has 0 aromatic rings. The van der Waals surface area contributed by atoms with E-state index in [4.69, 9.17) is 0 Å². The van der Waals surface area contributed by atoms with Crippen LogP contribution < -0.4 is 0 Å². The molecule has 0 aromatic carbocycles. The van der Waals surface area contributed by atoms with Gasteiger partial charge in [0.1, 0.15) is 0 Å². The maximum Gasteiger partial charge on any atom is 0.438 e. The van der Waals surface area contributed by atoms with Gasteiger partial charge in [0.15, 0.2) is 0 Å². The number of halogens is 18. The van der Waals surface area contributed by atoms with E-state index in [0.29, 0.717) is 0 Å². The maximum atomic E-state index is 13.0. The second-order valence-corrected chi connectivity index (χ2v) is 4.46. The Morgan fingerprint density at radius 2 is 0.346 bits per heavy atom. The lowest BCUT2D eigenvalue weighted by molar-refractivity contribution is -0.476. The molecule has 0 saturated heterocycles. The highest BCUT2D eigenvalue weighted by Gasteiger charge is 2.99. The maximum absolute atomic E-state index is 13.0. The highest BCUT2D eigenvalue weighted by molar-refractivity contribution is 5.19. The van der Waals surface area contributed by atoms with E-state index in [2.05, 4.69) is 0 Å². The largest absolute Gasteiger partial charge is 0.438 e. The summed E-state index contributed by atoms with van der Waals surface area (Å²) in [5.74, 6) is -17.9. The molecule has 0 heterocycles. The predicted octanol–water partition coefficient (Wildman–Crippen LogP) is 5.92. The third-order valence-electron chi connectivity index (χ3n) is 2.82. The summed E-state index contributed by atoms with van der Waals surface area (Å²) in [6, 6.07) is 0. The normalized spacial score (nSPS) is 16.8. The Labute approximate surface area is 128 Å². The fourth-order valence-electron chi connectivity index (χ4n) is 1.47. The zero-order valence-corrected chi connectivity index (χ0v) is 10.8. The van der Waals surface area contributed by atoms with Gasteiger partial charge in [0.2, 0.25) is 0 Å². The van der Waals surface area contributed by atoms with Gasteiger partial charge < -0.3 is 0 Å². The van der Waals surface area contributed by atoms with Gasteiger partial charge in [0.05, 0.1) is 0 Å². The molecule has 158 valence electrons. The summed E-state index contributed by atoms with van der Waals surface area (Å²) in [4.78, 5) is 0. The van der Waals surface area contributed by atoms with E-state index < -0.39 is 47.9 Å². The Morgan fingerprint density at radius 1 is 0.231 bits per heavy atom. The smallest absolute Gasteiger partial charge is 0.216 e. The summed E-state index contributed by atoms with van der Waals surface area (Å²) >= 11 is 0. The number of rotatable bonds is 3. The van der Waals surface area contributed by atoms with Crippen molar-refractivity contribution in [2.45, 2.75) is 47.9 Å². The molecule has 0 rings (SSSR count). The van der Waals surface area contributed by atoms with Crippen LogP contribution in [0.5, 0.6) is 0 Å². The Balaban J connectivity index is 7.12. The molecule has 0 aromatic heterocycles. The van der Waals surface area contributed by atoms with Crippen LogP contribution >= 0.6 is 0 Å². The summed E-state index contributed by atoms with van der Waals surface area (Å²) < 4.78 is 222. The molecule has 0 aliphatic carbocycles. The highest BCUT2D eigenvalue weighted by atomic mass is 19.4. The van der Waals surface area contributed by atoms with Gasteiger partial charge in [-0.15, -0.1) is 0 Å². The average molecular weight is 438 g/mol. The van der Waals surface area contributed by atoms with Gasteiger partial charge in [-0.2, -0.15) is 70.2 Å². The minimum absolute atomic E-state index is 8.23. The first kappa shape index (κ1) is 24.7. The molecule has 0 fully saturated rings. The van der Waals surface area contributed by atoms with E-state index in [9.17, 15) is 79.0 Å². The van der Waals surface area contributed by atoms with Gasteiger partial charge in [-0.05, 0) is 0 Å². The molecule has 0 aliphatic heterocycles. The highest BCUT2D eigenvalue weighted by Crippen LogP contribution is 2.66. The number of hydrogen-bond acceptors (Lipinski definition) is 0. The summed E-state index contributed by atoms with van der Waals surface area (Å²) in [5.41, 5.74) is -17.4. The first-order valence-electron chi connectivity index (χ1n) is 5.15. The van der Waals surface area contributed by atoms with Gasteiger partial charge in [0, 0.05) is 0 Å². The van der Waals surface area contributed by atoms with Crippen molar-refractivity contribution in [1.82, 2.24) is 0 Å². The quantitative estimate of drug-likeness (QED) is 0.480. The van der Waals surface area contributed by atoms with Crippen molar-refractivity contribution in [1.29, 1.82) is 0 Å². The van der Waals surface area contributed by atoms with Crippen LogP contribution in [0.4, 0.5) is 79.0 Å². The van der Waals surface area contributed by atoms with Gasteiger partial charge in [-0.3, -0.25) is 0 Å². The van der Waals surface area contributed by atoms with Crippen LogP contribution in [0.1, 0.15) is 0 Å². The second kappa shape index (κ2) is 5.62. The van der Waals surface area contributed by atoms with Crippen molar-refractivity contribution < 1.29 is 79.0 Å². The molecule has 0 amide bonds. The minimum Gasteiger partial charge on any atom is -0.216 e. The van der Waals surface area contributed by atoms with E-state index in [1.54, 1.807) is 0 Å². The molecule has 0 spiro atoms. The Bertz CT molecular complexity index is 433. The predicted molar refractivity (Wildman–Crippen MR) is 41.8 cm³/mol. The van der Waals surface area contributed by atoms with Crippen LogP contribution in [0.25, 0.3) is 0 Å². The van der Waals surface area contributed by atoms with Crippen LogP contribution in [0.15, 0.2) is 0 Å². The first-order chi connectivity index (χ1) is 10.8. The van der Waals surface area contributed by atoms with Gasteiger partial charge >= 0.3 is 47.9 Å². The number of hydrogen-bond donors (Lipinski definition) is 0. The van der Waals surface area contributed by atoms with Crippen LogP contribution in [0.3, 0.4) is 0 Å². The SMILES string of the molecule is FC(F)(F)C(F)(C(F)(F)F)C(F)(F)C(F)(F)C(F)(C(F)(F)F)C(F)(F)F. The van der Waals surface area contributed by atoms with Gasteiger partial charge in [-0.1, -0.05) is 0 Å². The van der Waals surface area contributed by atoms with E-state index in [-0.39, 0.29) is 0 Å². The summed E-state index contributed by atoms with van der Waals surface area (Å²) in [6.07, 6.45) is -32.9. The van der Waals surface area contributed by atoms with Gasteiger partial charge in [-0.25, -0.2) is 8.78 Å². The summed E-state index contributed by atoms with van der Waals surface area (Å²) in [7, 11) is 0. The molecular formula is C8F18. The first-order valence-corrected chi connectivity index (χ1v) is 5.15. The van der Waals surface area contributed by atoms with Crippen molar-refractivity contribution in [3.05, 3.63) is 0 Å². The van der Waals surface area contributed by atoms with Crippen molar-refractivity contribution in [3.8, 4) is 0 Å². The number of alkyl halides is 18. The minimum atomic E-state index is -8.95. The monoisotopic (exact) mass is 438 g/mol. The topological polar surface area (TPSA) is 0 Å². The third kappa shape index (κ3) is 2.82. The fraction of sp³-hybridized carbons (Fsp3) is 1.00. The van der Waals surface area contributed by atoms with E-state index >= 15 is 0 Å². The molecule has 18 heteroatoms. The lowest BCUT2D eigenvalue weighted by Crippen LogP contribution is -2.78. The molecule has 0 saturated carbocycles. The molecule has 0 unspecified atom stereocenters. The Hall–Kier alpha value is -1.26. The summed E-state index contributed by atoms with van der Waals surface area (Å²) in [6.45, 7) is 0. The van der Waals surface area contributed by atoms with Crippen molar-refractivity contribution in [2.75, 3.05) is 0 Å². The molecule has 0 N–H and O–H groups in total. The molecule has 26 heavy (non-hydrogen) atoms. The van der Waals surface area contributed by atoms with Crippen LogP contribution in [0.2, 0.25) is 0 Å². The van der Waals surface area contributed by atoms with Gasteiger partial charge in [0.25, 0.3) is 0 Å². The van der Waals surface area contributed by atoms with E-state index in [1.165, 1.54) is 0 Å². The zero-order chi connectivity index (χ0) is 22.0. The fourth-order valence-corrected chi connectivity index (χ4v) is 1.47. The van der Waals surface area contributed by atoms with Crippen LogP contribution in [-0.4, -0.2) is 47.9 Å². The third-order valence-corrected chi connectivity index (χ3v) is 2.82. The van der Waals surface area contributed by atoms with Crippen LogP contribution in [0, 0.1) is 0 Å². The van der Waals surface area contributed by atoms with Crippen LogP contribution in [-0.2, 0) is 0 Å². The average Bonchev–Trinajstić information content (AvgIpc) is 2.30. The molecule has 0 aliphatic rings. The molecule has 0 radical (unpaired) electrons. The van der Waals surface area contributed by atoms with Crippen molar-refractivity contribution >= 4 is 0 Å². The van der Waals surface area contributed by atoms with Crippen molar-refractivity contribution in [2.24, 2.45) is 0 Å². The Morgan fingerprint density at radius 3 is 0.423 bits per heavy atom. The second-order valence-electron chi connectivity index (χ2n) is 4.46. The lowest BCUT2D eigenvalue weighted by Gasteiger charge is -2.44. The van der Waals surface area contributed by atoms with E-state index in [0.717, 1.165) is 0 Å². The molecular weight excluding hydrogens is 438 g/mol. The Kier molecular flexibility index (Phi) is 5.35. The lowest BCUT2D eigenvalue weighted by atomic mass is 9.81. The van der Waals surface area contributed by atoms with E-state index in [1.807, 2.05) is 0 Å². The van der Waals surface area contributed by atoms with Crippen molar-refractivity contribution in [3.63, 3.8) is 0 Å². The molecule has 0 atom stereocenters. The molecule has 0 bridgehead atoms. The standard InChI is InChI=1S/C8F18/c9-1(5(15,16)17,6(18,19)20)3(11,12)4(13,14)2(10,7(21,22)23)8(24,25)26. The summed E-state index contributed by atoms with van der Waals surface area (Å²) in [5, 5.41) is 0.